The van der Waals surface area contributed by atoms with Crippen molar-refractivity contribution in [2.75, 3.05) is 31.1 Å². The fourth-order valence-corrected chi connectivity index (χ4v) is 6.59. The Kier molecular flexibility index (Phi) is 8.02. The Bertz CT molecular complexity index is 1660. The lowest BCUT2D eigenvalue weighted by Crippen LogP contribution is -2.35. The topological polar surface area (TPSA) is 127 Å². The number of fused-ring (bicyclic) bond motifs is 1. The first kappa shape index (κ1) is 27.9. The van der Waals surface area contributed by atoms with Crippen molar-refractivity contribution in [3.05, 3.63) is 75.2 Å². The first-order valence-corrected chi connectivity index (χ1v) is 15.0. The quantitative estimate of drug-likeness (QED) is 0.211. The van der Waals surface area contributed by atoms with Gasteiger partial charge in [-0.05, 0) is 44.0 Å². The number of unbranched alkanes of at least 4 members (excludes halogenated alkanes) is 1. The minimum atomic E-state index is -3.97. The molecule has 40 heavy (non-hydrogen) atoms. The maximum Gasteiger partial charge on any atom is 0.289 e. The zero-order valence-electron chi connectivity index (χ0n) is 22.3. The van der Waals surface area contributed by atoms with Crippen molar-refractivity contribution in [3.8, 4) is 5.69 Å². The molecule has 11 nitrogen and oxygen atoms in total. The van der Waals surface area contributed by atoms with Crippen LogP contribution in [0.15, 0.2) is 53.4 Å². The van der Waals surface area contributed by atoms with Gasteiger partial charge in [-0.1, -0.05) is 43.1 Å². The Morgan fingerprint density at radius 3 is 2.55 bits per heavy atom. The predicted octanol–water partition coefficient (Wildman–Crippen LogP) is 4.93. The first-order chi connectivity index (χ1) is 19.2. The molecule has 0 bridgehead atoms. The number of halogens is 1. The second-order valence-corrected chi connectivity index (χ2v) is 12.1. The van der Waals surface area contributed by atoms with Crippen molar-refractivity contribution >= 4 is 44.2 Å². The van der Waals surface area contributed by atoms with Gasteiger partial charge in [0.1, 0.15) is 16.7 Å². The van der Waals surface area contributed by atoms with Gasteiger partial charge in [0, 0.05) is 38.7 Å². The van der Waals surface area contributed by atoms with Crippen molar-refractivity contribution in [2.24, 2.45) is 0 Å². The summed E-state index contributed by atoms with van der Waals surface area (Å²) in [7, 11) is -3.97. The highest BCUT2D eigenvalue weighted by Crippen LogP contribution is 2.32. The summed E-state index contributed by atoms with van der Waals surface area (Å²) in [4.78, 5) is 22.5. The standard InChI is InChI=1S/C27H30ClN7O4S/c1-3-4-11-24-29-26(25-19(2)31-34(27(25)30-24)20-9-6-5-7-10-20)32-14-8-15-33(17-16-32)40(38,39)21-12-13-22(28)23(18-21)35(36)37/h5-7,9-10,12-13,18H,3-4,8,11,14-17H2,1-2H3. The van der Waals surface area contributed by atoms with Gasteiger partial charge in [0.05, 0.1) is 26.6 Å². The molecule has 5 rings (SSSR count). The van der Waals surface area contributed by atoms with Crippen LogP contribution in [0.4, 0.5) is 11.5 Å². The summed E-state index contributed by atoms with van der Waals surface area (Å²) in [6, 6.07) is 13.4. The number of nitro groups is 1. The molecule has 0 atom stereocenters. The van der Waals surface area contributed by atoms with E-state index in [-0.39, 0.29) is 23.0 Å². The first-order valence-electron chi connectivity index (χ1n) is 13.2. The molecule has 2 aromatic heterocycles. The molecule has 0 aliphatic carbocycles. The summed E-state index contributed by atoms with van der Waals surface area (Å²) in [6.07, 6.45) is 3.23. The number of nitro benzene ring substituents is 1. The summed E-state index contributed by atoms with van der Waals surface area (Å²) in [5.41, 5.74) is 1.98. The SMILES string of the molecule is CCCCc1nc(N2CCCN(S(=O)(=O)c3ccc(Cl)c([N+](=O)[O-])c3)CC2)c2c(C)nn(-c3ccccc3)c2n1. The molecule has 0 unspecified atom stereocenters. The Morgan fingerprint density at radius 2 is 1.82 bits per heavy atom. The number of benzene rings is 2. The summed E-state index contributed by atoms with van der Waals surface area (Å²) >= 11 is 5.91. The van der Waals surface area contributed by atoms with Gasteiger partial charge in [-0.3, -0.25) is 10.1 Å². The Morgan fingerprint density at radius 1 is 1.05 bits per heavy atom. The minimum Gasteiger partial charge on any atom is -0.355 e. The maximum absolute atomic E-state index is 13.5. The molecule has 1 saturated heterocycles. The molecule has 0 radical (unpaired) electrons. The number of aryl methyl sites for hydroxylation is 2. The molecule has 1 aliphatic rings. The lowest BCUT2D eigenvalue weighted by atomic mass is 10.2. The molecule has 3 heterocycles. The maximum atomic E-state index is 13.5. The number of rotatable bonds is 8. The molecule has 0 N–H and O–H groups in total. The fourth-order valence-electron chi connectivity index (χ4n) is 4.92. The number of hydrogen-bond donors (Lipinski definition) is 0. The van der Waals surface area contributed by atoms with E-state index in [0.29, 0.717) is 19.5 Å². The highest BCUT2D eigenvalue weighted by Gasteiger charge is 2.30. The Labute approximate surface area is 237 Å². The average molecular weight is 584 g/mol. The predicted molar refractivity (Wildman–Crippen MR) is 154 cm³/mol. The molecule has 13 heteroatoms. The van der Waals surface area contributed by atoms with Gasteiger partial charge < -0.3 is 4.90 Å². The molecule has 210 valence electrons. The van der Waals surface area contributed by atoms with Crippen molar-refractivity contribution < 1.29 is 13.3 Å². The van der Waals surface area contributed by atoms with E-state index in [2.05, 4.69) is 11.8 Å². The normalized spacial score (nSPS) is 14.9. The van der Waals surface area contributed by atoms with Crippen molar-refractivity contribution in [1.29, 1.82) is 0 Å². The number of aromatic nitrogens is 4. The molecule has 1 aliphatic heterocycles. The molecular weight excluding hydrogens is 554 g/mol. The fraction of sp³-hybridized carbons (Fsp3) is 0.370. The van der Waals surface area contributed by atoms with E-state index < -0.39 is 20.6 Å². The second-order valence-electron chi connectivity index (χ2n) is 9.71. The monoisotopic (exact) mass is 583 g/mol. The van der Waals surface area contributed by atoms with E-state index in [1.807, 2.05) is 41.9 Å². The van der Waals surface area contributed by atoms with Gasteiger partial charge >= 0.3 is 0 Å². The zero-order valence-corrected chi connectivity index (χ0v) is 23.9. The highest BCUT2D eigenvalue weighted by molar-refractivity contribution is 7.89. The number of anilines is 1. The minimum absolute atomic E-state index is 0.107. The van der Waals surface area contributed by atoms with Crippen LogP contribution in [0.2, 0.25) is 5.02 Å². The molecule has 4 aromatic rings. The van der Waals surface area contributed by atoms with Gasteiger partial charge in [-0.2, -0.15) is 9.40 Å². The number of nitrogens with zero attached hydrogens (tertiary/aromatic N) is 7. The van der Waals surface area contributed by atoms with Crippen LogP contribution in [0.25, 0.3) is 16.7 Å². The second kappa shape index (κ2) is 11.5. The third kappa shape index (κ3) is 5.38. The van der Waals surface area contributed by atoms with Gasteiger partial charge in [-0.25, -0.2) is 23.1 Å². The van der Waals surface area contributed by atoms with Crippen LogP contribution >= 0.6 is 11.6 Å². The molecule has 0 amide bonds. The van der Waals surface area contributed by atoms with Crippen LogP contribution in [0.1, 0.15) is 37.7 Å². The lowest BCUT2D eigenvalue weighted by Gasteiger charge is -2.24. The summed E-state index contributed by atoms with van der Waals surface area (Å²) < 4.78 is 30.2. The summed E-state index contributed by atoms with van der Waals surface area (Å²) in [5, 5.41) is 16.9. The average Bonchev–Trinajstić information content (AvgIpc) is 3.10. The van der Waals surface area contributed by atoms with Crippen molar-refractivity contribution in [1.82, 2.24) is 24.1 Å². The van der Waals surface area contributed by atoms with E-state index in [9.17, 15) is 18.5 Å². The van der Waals surface area contributed by atoms with E-state index in [0.717, 1.165) is 59.4 Å². The molecule has 1 fully saturated rings. The van der Waals surface area contributed by atoms with E-state index >= 15 is 0 Å². The molecule has 0 saturated carbocycles. The highest BCUT2D eigenvalue weighted by atomic mass is 35.5. The van der Waals surface area contributed by atoms with Crippen molar-refractivity contribution in [3.63, 3.8) is 0 Å². The van der Waals surface area contributed by atoms with Gasteiger partial charge in [0.15, 0.2) is 5.65 Å². The Hall–Kier alpha value is -3.61. The number of sulfonamides is 1. The number of hydrogen-bond acceptors (Lipinski definition) is 8. The number of para-hydroxylation sites is 1. The smallest absolute Gasteiger partial charge is 0.289 e. The third-order valence-corrected chi connectivity index (χ3v) is 9.20. The zero-order chi connectivity index (χ0) is 28.4. The van der Waals surface area contributed by atoms with Crippen LogP contribution in [-0.2, 0) is 16.4 Å². The van der Waals surface area contributed by atoms with Gasteiger partial charge in [0.2, 0.25) is 10.0 Å². The van der Waals surface area contributed by atoms with Crippen LogP contribution in [0, 0.1) is 17.0 Å². The summed E-state index contributed by atoms with van der Waals surface area (Å²) in [6.45, 7) is 5.50. The largest absolute Gasteiger partial charge is 0.355 e. The van der Waals surface area contributed by atoms with E-state index in [4.69, 9.17) is 26.7 Å². The van der Waals surface area contributed by atoms with E-state index in [1.54, 1.807) is 0 Å². The molecule has 0 spiro atoms. The van der Waals surface area contributed by atoms with Crippen LogP contribution in [0.5, 0.6) is 0 Å². The van der Waals surface area contributed by atoms with Gasteiger partial charge in [-0.15, -0.1) is 0 Å². The molecular formula is C27H30ClN7O4S. The van der Waals surface area contributed by atoms with Crippen molar-refractivity contribution in [2.45, 2.75) is 44.4 Å². The van der Waals surface area contributed by atoms with Crippen LogP contribution < -0.4 is 4.90 Å². The summed E-state index contributed by atoms with van der Waals surface area (Å²) in [5.74, 6) is 1.47. The van der Waals surface area contributed by atoms with E-state index in [1.165, 1.54) is 16.4 Å². The van der Waals surface area contributed by atoms with Crippen LogP contribution in [-0.4, -0.2) is 63.6 Å². The molecule has 2 aromatic carbocycles. The van der Waals surface area contributed by atoms with Crippen LogP contribution in [0.3, 0.4) is 0 Å². The van der Waals surface area contributed by atoms with Gasteiger partial charge in [0.25, 0.3) is 5.69 Å². The Balaban J connectivity index is 1.50. The lowest BCUT2D eigenvalue weighted by molar-refractivity contribution is -0.384. The third-order valence-electron chi connectivity index (χ3n) is 6.99.